The summed E-state index contributed by atoms with van der Waals surface area (Å²) < 4.78 is 5.68. The minimum absolute atomic E-state index is 0.361. The third-order valence-electron chi connectivity index (χ3n) is 4.23. The molecular weight excluding hydrogens is 250 g/mol. The number of nitrogens with zero attached hydrogens (tertiary/aromatic N) is 1. The summed E-state index contributed by atoms with van der Waals surface area (Å²) in [7, 11) is 0. The normalized spacial score (nSPS) is 25.4. The number of likely N-dealkylation sites (tertiary alicyclic amines) is 1. The molecule has 3 nitrogen and oxygen atoms in total. The molecule has 0 unspecified atom stereocenters. The van der Waals surface area contributed by atoms with E-state index >= 15 is 0 Å². The maximum atomic E-state index is 10.2. The Morgan fingerprint density at radius 2 is 2.00 bits per heavy atom. The maximum Gasteiger partial charge on any atom is 0.119 e. The Bertz CT molecular complexity index is 411. The van der Waals surface area contributed by atoms with E-state index in [1.807, 2.05) is 31.2 Å². The van der Waals surface area contributed by atoms with Crippen LogP contribution in [0.3, 0.4) is 0 Å². The maximum absolute atomic E-state index is 10.2. The molecule has 1 aromatic carbocycles. The van der Waals surface area contributed by atoms with Crippen molar-refractivity contribution in [1.82, 2.24) is 4.90 Å². The molecule has 20 heavy (non-hydrogen) atoms. The molecule has 0 bridgehead atoms. The SMILES string of the molecule is Cc1cccc(OC[C@H](O)CN2[C@H](C)CCC[C@@H]2C)c1. The van der Waals surface area contributed by atoms with Crippen LogP contribution in [0.25, 0.3) is 0 Å². The predicted octanol–water partition coefficient (Wildman–Crippen LogP) is 3.00. The van der Waals surface area contributed by atoms with Crippen molar-refractivity contribution in [2.24, 2.45) is 0 Å². The fraction of sp³-hybridized carbons (Fsp3) is 0.647. The lowest BCUT2D eigenvalue weighted by Gasteiger charge is -2.40. The molecule has 1 fully saturated rings. The van der Waals surface area contributed by atoms with E-state index in [1.54, 1.807) is 0 Å². The molecule has 112 valence electrons. The van der Waals surface area contributed by atoms with Gasteiger partial charge in [-0.3, -0.25) is 4.90 Å². The first-order valence-electron chi connectivity index (χ1n) is 7.69. The van der Waals surface area contributed by atoms with Crippen molar-refractivity contribution in [3.63, 3.8) is 0 Å². The number of rotatable bonds is 5. The lowest BCUT2D eigenvalue weighted by atomic mass is 9.97. The monoisotopic (exact) mass is 277 g/mol. The second kappa shape index (κ2) is 7.09. The summed E-state index contributed by atoms with van der Waals surface area (Å²) in [6.45, 7) is 7.61. The van der Waals surface area contributed by atoms with Crippen LogP contribution in [-0.4, -0.2) is 41.3 Å². The van der Waals surface area contributed by atoms with Gasteiger partial charge in [-0.05, 0) is 51.3 Å². The minimum Gasteiger partial charge on any atom is -0.491 e. The first-order chi connectivity index (χ1) is 9.56. The molecule has 0 radical (unpaired) electrons. The molecule has 3 heteroatoms. The zero-order valence-electron chi connectivity index (χ0n) is 12.9. The van der Waals surface area contributed by atoms with Crippen LogP contribution in [0.5, 0.6) is 5.75 Å². The van der Waals surface area contributed by atoms with E-state index in [0.717, 1.165) is 5.75 Å². The number of β-amino-alcohol motifs (C(OH)–C–C–N with tert-alkyl or cyclic N) is 1. The fourth-order valence-electron chi connectivity index (χ4n) is 3.03. The number of piperidine rings is 1. The van der Waals surface area contributed by atoms with Gasteiger partial charge in [0.05, 0.1) is 0 Å². The molecule has 1 aliphatic rings. The van der Waals surface area contributed by atoms with E-state index in [-0.39, 0.29) is 0 Å². The minimum atomic E-state index is -0.432. The van der Waals surface area contributed by atoms with Gasteiger partial charge in [0.15, 0.2) is 0 Å². The van der Waals surface area contributed by atoms with Crippen molar-refractivity contribution in [2.45, 2.75) is 58.2 Å². The van der Waals surface area contributed by atoms with Crippen LogP contribution in [0.2, 0.25) is 0 Å². The molecule has 1 aliphatic heterocycles. The number of aliphatic hydroxyl groups is 1. The summed E-state index contributed by atoms with van der Waals surface area (Å²) in [4.78, 5) is 2.41. The molecule has 0 amide bonds. The first kappa shape index (κ1) is 15.3. The topological polar surface area (TPSA) is 32.7 Å². The Morgan fingerprint density at radius 3 is 2.65 bits per heavy atom. The zero-order chi connectivity index (χ0) is 14.5. The van der Waals surface area contributed by atoms with Gasteiger partial charge in [-0.1, -0.05) is 18.6 Å². The number of aliphatic hydroxyl groups excluding tert-OH is 1. The lowest BCUT2D eigenvalue weighted by molar-refractivity contribution is 0.0209. The average Bonchev–Trinajstić information content (AvgIpc) is 2.41. The van der Waals surface area contributed by atoms with Crippen LogP contribution in [0.15, 0.2) is 24.3 Å². The first-order valence-corrected chi connectivity index (χ1v) is 7.69. The van der Waals surface area contributed by atoms with Crippen molar-refractivity contribution >= 4 is 0 Å². The molecule has 1 heterocycles. The molecule has 1 saturated heterocycles. The van der Waals surface area contributed by atoms with Gasteiger partial charge in [-0.2, -0.15) is 0 Å². The third kappa shape index (κ3) is 4.22. The largest absolute Gasteiger partial charge is 0.491 e. The molecule has 0 saturated carbocycles. The molecule has 2 rings (SSSR count). The number of aryl methyl sites for hydroxylation is 1. The zero-order valence-corrected chi connectivity index (χ0v) is 12.9. The van der Waals surface area contributed by atoms with Gasteiger partial charge in [0, 0.05) is 18.6 Å². The quantitative estimate of drug-likeness (QED) is 0.898. The van der Waals surface area contributed by atoms with E-state index < -0.39 is 6.10 Å². The van der Waals surface area contributed by atoms with Crippen LogP contribution in [0, 0.1) is 6.92 Å². The van der Waals surface area contributed by atoms with E-state index in [9.17, 15) is 5.11 Å². The Labute approximate surface area is 122 Å². The van der Waals surface area contributed by atoms with Crippen LogP contribution in [-0.2, 0) is 0 Å². The van der Waals surface area contributed by atoms with Crippen LogP contribution in [0.1, 0.15) is 38.7 Å². The smallest absolute Gasteiger partial charge is 0.119 e. The molecule has 0 spiro atoms. The lowest BCUT2D eigenvalue weighted by Crippen LogP contribution is -2.48. The number of hydrogen-bond acceptors (Lipinski definition) is 3. The van der Waals surface area contributed by atoms with Gasteiger partial charge in [-0.15, -0.1) is 0 Å². The summed E-state index contributed by atoms with van der Waals surface area (Å²) in [6, 6.07) is 9.08. The summed E-state index contributed by atoms with van der Waals surface area (Å²) >= 11 is 0. The molecular formula is C17H27NO2. The van der Waals surface area contributed by atoms with Crippen molar-refractivity contribution in [2.75, 3.05) is 13.2 Å². The van der Waals surface area contributed by atoms with Gasteiger partial charge in [0.2, 0.25) is 0 Å². The Morgan fingerprint density at radius 1 is 1.30 bits per heavy atom. The Kier molecular flexibility index (Phi) is 5.44. The molecule has 0 aliphatic carbocycles. The standard InChI is InChI=1S/C17H27NO2/c1-13-6-4-9-17(10-13)20-12-16(19)11-18-14(2)7-5-8-15(18)3/h4,6,9-10,14-16,19H,5,7-8,11-12H2,1-3H3/t14-,15+,16-/m1/s1. The van der Waals surface area contributed by atoms with Gasteiger partial charge >= 0.3 is 0 Å². The number of ether oxygens (including phenoxy) is 1. The van der Waals surface area contributed by atoms with Crippen LogP contribution in [0.4, 0.5) is 0 Å². The van der Waals surface area contributed by atoms with E-state index in [2.05, 4.69) is 18.7 Å². The highest BCUT2D eigenvalue weighted by Gasteiger charge is 2.26. The number of benzene rings is 1. The van der Waals surface area contributed by atoms with E-state index in [1.165, 1.54) is 24.8 Å². The summed E-state index contributed by atoms with van der Waals surface area (Å²) in [5, 5.41) is 10.2. The fourth-order valence-corrected chi connectivity index (χ4v) is 3.03. The third-order valence-corrected chi connectivity index (χ3v) is 4.23. The summed E-state index contributed by atoms with van der Waals surface area (Å²) in [5.74, 6) is 0.837. The highest BCUT2D eigenvalue weighted by atomic mass is 16.5. The molecule has 1 N–H and O–H groups in total. The van der Waals surface area contributed by atoms with E-state index in [4.69, 9.17) is 4.74 Å². The van der Waals surface area contributed by atoms with Crippen molar-refractivity contribution in [3.8, 4) is 5.75 Å². The van der Waals surface area contributed by atoms with E-state index in [0.29, 0.717) is 25.2 Å². The van der Waals surface area contributed by atoms with Crippen LogP contribution < -0.4 is 4.74 Å². The second-order valence-electron chi connectivity index (χ2n) is 6.11. The van der Waals surface area contributed by atoms with Crippen molar-refractivity contribution in [1.29, 1.82) is 0 Å². The van der Waals surface area contributed by atoms with Crippen molar-refractivity contribution in [3.05, 3.63) is 29.8 Å². The Balaban J connectivity index is 1.81. The highest BCUT2D eigenvalue weighted by Crippen LogP contribution is 2.22. The highest BCUT2D eigenvalue weighted by molar-refractivity contribution is 5.27. The van der Waals surface area contributed by atoms with Gasteiger partial charge < -0.3 is 9.84 Å². The second-order valence-corrected chi connectivity index (χ2v) is 6.11. The van der Waals surface area contributed by atoms with Crippen LogP contribution >= 0.6 is 0 Å². The predicted molar refractivity (Wildman–Crippen MR) is 82.2 cm³/mol. The van der Waals surface area contributed by atoms with Crippen molar-refractivity contribution < 1.29 is 9.84 Å². The average molecular weight is 277 g/mol. The summed E-state index contributed by atoms with van der Waals surface area (Å²) in [5.41, 5.74) is 1.18. The molecule has 1 aromatic rings. The molecule has 0 aromatic heterocycles. The van der Waals surface area contributed by atoms with Gasteiger partial charge in [-0.25, -0.2) is 0 Å². The Hall–Kier alpha value is -1.06. The van der Waals surface area contributed by atoms with Gasteiger partial charge in [0.1, 0.15) is 18.5 Å². The summed E-state index contributed by atoms with van der Waals surface area (Å²) in [6.07, 6.45) is 3.33. The molecule has 3 atom stereocenters. The van der Waals surface area contributed by atoms with Gasteiger partial charge in [0.25, 0.3) is 0 Å². The number of hydrogen-bond donors (Lipinski definition) is 1.